The molecule has 1 aromatic heterocycles. The number of aromatic nitrogens is 4. The summed E-state index contributed by atoms with van der Waals surface area (Å²) in [7, 11) is 0. The molecule has 0 saturated carbocycles. The Kier molecular flexibility index (Phi) is 5.20. The fourth-order valence-electron chi connectivity index (χ4n) is 1.73. The van der Waals surface area contributed by atoms with Crippen LogP contribution in [0.1, 0.15) is 18.3 Å². The van der Waals surface area contributed by atoms with Crippen LogP contribution in [0, 0.1) is 11.3 Å². The van der Waals surface area contributed by atoms with Crippen LogP contribution in [0.25, 0.3) is 5.57 Å². The second kappa shape index (κ2) is 7.54. The van der Waals surface area contributed by atoms with Gasteiger partial charge < -0.3 is 10.6 Å². The predicted octanol–water partition coefficient (Wildman–Crippen LogP) is 0.855. The standard InChI is InChI=1S/C14H15N7O/c1-10(22)16-7-6-11-2-4-13(5-3-11)17-9-12(8-15)14-18-20-21-19-14/h2-5,9,17H,6-7H2,1H3,(H,16,22)(H,18,19,20,21). The van der Waals surface area contributed by atoms with Crippen molar-refractivity contribution in [3.05, 3.63) is 41.9 Å². The van der Waals surface area contributed by atoms with E-state index in [1.165, 1.54) is 13.1 Å². The van der Waals surface area contributed by atoms with Gasteiger partial charge in [-0.15, -0.1) is 10.2 Å². The Labute approximate surface area is 127 Å². The van der Waals surface area contributed by atoms with Crippen molar-refractivity contribution in [2.24, 2.45) is 0 Å². The number of nitrogens with one attached hydrogen (secondary N) is 3. The van der Waals surface area contributed by atoms with Gasteiger partial charge >= 0.3 is 0 Å². The number of carbonyl (C=O) groups is 1. The topological polar surface area (TPSA) is 119 Å². The third-order valence-corrected chi connectivity index (χ3v) is 2.83. The lowest BCUT2D eigenvalue weighted by Crippen LogP contribution is -2.22. The zero-order valence-electron chi connectivity index (χ0n) is 12.0. The van der Waals surface area contributed by atoms with Crippen molar-refractivity contribution in [3.8, 4) is 6.07 Å². The molecule has 1 amide bonds. The van der Waals surface area contributed by atoms with Crippen LogP contribution in [0.5, 0.6) is 0 Å². The van der Waals surface area contributed by atoms with Gasteiger partial charge in [-0.1, -0.05) is 12.1 Å². The first-order valence-electron chi connectivity index (χ1n) is 6.63. The van der Waals surface area contributed by atoms with Crippen molar-refractivity contribution >= 4 is 17.2 Å². The predicted molar refractivity (Wildman–Crippen MR) is 80.2 cm³/mol. The molecule has 1 heterocycles. The molecule has 0 radical (unpaired) electrons. The summed E-state index contributed by atoms with van der Waals surface area (Å²) in [6, 6.07) is 9.70. The zero-order chi connectivity index (χ0) is 15.8. The Bertz CT molecular complexity index is 683. The number of nitriles is 1. The number of aromatic amines is 1. The second-order valence-electron chi connectivity index (χ2n) is 4.48. The summed E-state index contributed by atoms with van der Waals surface area (Å²) in [5.41, 5.74) is 2.23. The summed E-state index contributed by atoms with van der Waals surface area (Å²) in [4.78, 5) is 10.8. The average Bonchev–Trinajstić information content (AvgIpc) is 3.03. The number of hydrogen-bond acceptors (Lipinski definition) is 6. The number of nitrogens with zero attached hydrogens (tertiary/aromatic N) is 4. The number of benzene rings is 1. The lowest BCUT2D eigenvalue weighted by molar-refractivity contribution is -0.118. The molecule has 0 aliphatic heterocycles. The summed E-state index contributed by atoms with van der Waals surface area (Å²) >= 11 is 0. The first kappa shape index (κ1) is 15.2. The minimum absolute atomic E-state index is 0.0334. The lowest BCUT2D eigenvalue weighted by atomic mass is 10.1. The van der Waals surface area contributed by atoms with Gasteiger partial charge in [0.2, 0.25) is 11.7 Å². The van der Waals surface area contributed by atoms with E-state index in [2.05, 4.69) is 31.3 Å². The molecule has 0 aliphatic rings. The van der Waals surface area contributed by atoms with Gasteiger partial charge in [-0.25, -0.2) is 0 Å². The van der Waals surface area contributed by atoms with E-state index in [0.717, 1.165) is 17.7 Å². The van der Waals surface area contributed by atoms with Gasteiger partial charge in [0.15, 0.2) is 0 Å². The van der Waals surface area contributed by atoms with E-state index >= 15 is 0 Å². The van der Waals surface area contributed by atoms with E-state index in [9.17, 15) is 4.79 Å². The molecular weight excluding hydrogens is 282 g/mol. The van der Waals surface area contributed by atoms with Crippen LogP contribution in [0.3, 0.4) is 0 Å². The molecule has 0 aliphatic carbocycles. The molecule has 0 bridgehead atoms. The summed E-state index contributed by atoms with van der Waals surface area (Å²) in [5, 5.41) is 28.0. The molecule has 2 aromatic rings. The molecule has 0 atom stereocenters. The van der Waals surface area contributed by atoms with Crippen LogP contribution in [-0.4, -0.2) is 33.1 Å². The fourth-order valence-corrected chi connectivity index (χ4v) is 1.73. The van der Waals surface area contributed by atoms with E-state index < -0.39 is 0 Å². The molecule has 2 rings (SSSR count). The van der Waals surface area contributed by atoms with Crippen LogP contribution in [0.15, 0.2) is 30.5 Å². The van der Waals surface area contributed by atoms with E-state index in [4.69, 9.17) is 5.26 Å². The lowest BCUT2D eigenvalue weighted by Gasteiger charge is -2.05. The smallest absolute Gasteiger partial charge is 0.216 e. The molecule has 8 nitrogen and oxygen atoms in total. The van der Waals surface area contributed by atoms with Crippen molar-refractivity contribution < 1.29 is 4.79 Å². The second-order valence-corrected chi connectivity index (χ2v) is 4.48. The Morgan fingerprint density at radius 3 is 2.77 bits per heavy atom. The monoisotopic (exact) mass is 297 g/mol. The molecule has 8 heteroatoms. The number of allylic oxidation sites excluding steroid dienone is 1. The van der Waals surface area contributed by atoms with Crippen molar-refractivity contribution in [1.82, 2.24) is 25.9 Å². The van der Waals surface area contributed by atoms with Gasteiger partial charge in [0.05, 0.1) is 0 Å². The quantitative estimate of drug-likeness (QED) is 0.680. The highest BCUT2D eigenvalue weighted by Gasteiger charge is 2.05. The first-order chi connectivity index (χ1) is 10.7. The average molecular weight is 297 g/mol. The molecule has 0 unspecified atom stereocenters. The number of amides is 1. The maximum Gasteiger partial charge on any atom is 0.216 e. The Morgan fingerprint density at radius 1 is 1.41 bits per heavy atom. The van der Waals surface area contributed by atoms with Crippen molar-refractivity contribution in [1.29, 1.82) is 5.26 Å². The zero-order valence-corrected chi connectivity index (χ0v) is 12.0. The molecule has 0 saturated heterocycles. The molecule has 0 fully saturated rings. The molecular formula is C14H15N7O. The van der Waals surface area contributed by atoms with Crippen LogP contribution in [0.2, 0.25) is 0 Å². The van der Waals surface area contributed by atoms with Crippen LogP contribution in [-0.2, 0) is 11.2 Å². The Balaban J connectivity index is 1.94. The number of hydrogen-bond donors (Lipinski definition) is 3. The highest BCUT2D eigenvalue weighted by atomic mass is 16.1. The van der Waals surface area contributed by atoms with Gasteiger partial charge in [-0.05, 0) is 29.3 Å². The normalized spacial score (nSPS) is 10.8. The van der Waals surface area contributed by atoms with Gasteiger partial charge in [0.1, 0.15) is 11.6 Å². The summed E-state index contributed by atoms with van der Waals surface area (Å²) in [5.74, 6) is 0.204. The summed E-state index contributed by atoms with van der Waals surface area (Å²) in [6.07, 6.45) is 2.29. The van der Waals surface area contributed by atoms with Crippen LogP contribution in [0.4, 0.5) is 5.69 Å². The maximum atomic E-state index is 10.8. The SMILES string of the molecule is CC(=O)NCCc1ccc(NC=C(C#N)c2nn[nH]n2)cc1. The fraction of sp³-hybridized carbons (Fsp3) is 0.214. The highest BCUT2D eigenvalue weighted by Crippen LogP contribution is 2.12. The van der Waals surface area contributed by atoms with Crippen molar-refractivity contribution in [2.45, 2.75) is 13.3 Å². The Hall–Kier alpha value is -3.21. The van der Waals surface area contributed by atoms with Crippen molar-refractivity contribution in [3.63, 3.8) is 0 Å². The molecule has 112 valence electrons. The highest BCUT2D eigenvalue weighted by molar-refractivity contribution is 5.74. The summed E-state index contributed by atoms with van der Waals surface area (Å²) < 4.78 is 0. The van der Waals surface area contributed by atoms with Gasteiger partial charge in [-0.3, -0.25) is 4.79 Å². The minimum Gasteiger partial charge on any atom is -0.360 e. The number of tetrazole rings is 1. The van der Waals surface area contributed by atoms with Crippen molar-refractivity contribution in [2.75, 3.05) is 11.9 Å². The van der Waals surface area contributed by atoms with E-state index in [1.54, 1.807) is 0 Å². The van der Waals surface area contributed by atoms with Gasteiger partial charge in [0.25, 0.3) is 0 Å². The summed E-state index contributed by atoms with van der Waals surface area (Å²) in [6.45, 7) is 2.11. The minimum atomic E-state index is -0.0334. The number of rotatable bonds is 6. The third kappa shape index (κ3) is 4.42. The number of anilines is 1. The Morgan fingerprint density at radius 2 is 2.18 bits per heavy atom. The number of H-pyrrole nitrogens is 1. The largest absolute Gasteiger partial charge is 0.360 e. The third-order valence-electron chi connectivity index (χ3n) is 2.83. The van der Waals surface area contributed by atoms with E-state index in [0.29, 0.717) is 6.54 Å². The maximum absolute atomic E-state index is 10.8. The molecule has 1 aromatic carbocycles. The molecule has 22 heavy (non-hydrogen) atoms. The molecule has 0 spiro atoms. The number of carbonyl (C=O) groups excluding carboxylic acids is 1. The van der Waals surface area contributed by atoms with E-state index in [-0.39, 0.29) is 17.3 Å². The molecule has 3 N–H and O–H groups in total. The first-order valence-corrected chi connectivity index (χ1v) is 6.63. The van der Waals surface area contributed by atoms with E-state index in [1.807, 2.05) is 30.3 Å². The van der Waals surface area contributed by atoms with Gasteiger partial charge in [0, 0.05) is 25.4 Å². The van der Waals surface area contributed by atoms with Crippen LogP contribution >= 0.6 is 0 Å². The van der Waals surface area contributed by atoms with Crippen LogP contribution < -0.4 is 10.6 Å². The van der Waals surface area contributed by atoms with Gasteiger partial charge in [-0.2, -0.15) is 10.5 Å².